The third kappa shape index (κ3) is 4.49. The van der Waals surface area contributed by atoms with Crippen LogP contribution in [0, 0.1) is 0 Å². The van der Waals surface area contributed by atoms with Crippen LogP contribution in [0.2, 0.25) is 0 Å². The molecule has 0 saturated carbocycles. The van der Waals surface area contributed by atoms with E-state index < -0.39 is 0 Å². The zero-order chi connectivity index (χ0) is 16.8. The number of nitrogens with zero attached hydrogens (tertiary/aromatic N) is 1. The highest BCUT2D eigenvalue weighted by Crippen LogP contribution is 2.26. The molecular formula is C18H20BrN3O2. The van der Waals surface area contributed by atoms with E-state index in [1.165, 1.54) is 0 Å². The number of para-hydroxylation sites is 2. The predicted octanol–water partition coefficient (Wildman–Crippen LogP) is 3.61. The monoisotopic (exact) mass is 389 g/mol. The Bertz CT molecular complexity index is 685. The van der Waals surface area contributed by atoms with Gasteiger partial charge < -0.3 is 20.3 Å². The summed E-state index contributed by atoms with van der Waals surface area (Å²) < 4.78 is 6.42. The zero-order valence-electron chi connectivity index (χ0n) is 13.3. The van der Waals surface area contributed by atoms with Crippen LogP contribution in [0.15, 0.2) is 53.0 Å². The number of anilines is 2. The van der Waals surface area contributed by atoms with Crippen molar-refractivity contribution in [3.8, 4) is 0 Å². The van der Waals surface area contributed by atoms with Crippen molar-refractivity contribution < 1.29 is 9.53 Å². The molecule has 2 aromatic carbocycles. The smallest absolute Gasteiger partial charge is 0.319 e. The fraction of sp³-hybridized carbons (Fsp3) is 0.278. The van der Waals surface area contributed by atoms with Crippen LogP contribution in [0.4, 0.5) is 16.2 Å². The van der Waals surface area contributed by atoms with Gasteiger partial charge in [-0.15, -0.1) is 0 Å². The Morgan fingerprint density at radius 3 is 2.54 bits per heavy atom. The molecule has 0 unspecified atom stereocenters. The molecule has 1 aliphatic heterocycles. The highest BCUT2D eigenvalue weighted by molar-refractivity contribution is 9.10. The molecule has 1 fully saturated rings. The lowest BCUT2D eigenvalue weighted by molar-refractivity contribution is 0.123. The maximum atomic E-state index is 12.2. The average Bonchev–Trinajstić information content (AvgIpc) is 2.62. The third-order valence-corrected chi connectivity index (χ3v) is 4.40. The van der Waals surface area contributed by atoms with Gasteiger partial charge >= 0.3 is 6.03 Å². The number of carbonyl (C=O) groups excluding carboxylic acids is 1. The highest BCUT2D eigenvalue weighted by Gasteiger charge is 2.15. The summed E-state index contributed by atoms with van der Waals surface area (Å²) in [5, 5.41) is 5.84. The van der Waals surface area contributed by atoms with E-state index in [9.17, 15) is 4.79 Å². The largest absolute Gasteiger partial charge is 0.378 e. The SMILES string of the molecule is O=C(NCc1ccc(Br)cc1)Nc1ccccc1N1CCOCC1. The van der Waals surface area contributed by atoms with Gasteiger partial charge in [0.05, 0.1) is 24.6 Å². The number of amides is 2. The molecule has 2 N–H and O–H groups in total. The average molecular weight is 390 g/mol. The lowest BCUT2D eigenvalue weighted by atomic mass is 10.2. The molecule has 2 amide bonds. The molecule has 5 nitrogen and oxygen atoms in total. The fourth-order valence-electron chi connectivity index (χ4n) is 2.61. The van der Waals surface area contributed by atoms with Gasteiger partial charge in [-0.3, -0.25) is 0 Å². The Labute approximate surface area is 150 Å². The number of ether oxygens (including phenoxy) is 1. The van der Waals surface area contributed by atoms with Crippen molar-refractivity contribution in [2.75, 3.05) is 36.5 Å². The quantitative estimate of drug-likeness (QED) is 0.839. The molecule has 6 heteroatoms. The predicted molar refractivity (Wildman–Crippen MR) is 99.5 cm³/mol. The summed E-state index contributed by atoms with van der Waals surface area (Å²) in [6.07, 6.45) is 0. The van der Waals surface area contributed by atoms with Gasteiger partial charge in [-0.25, -0.2) is 4.79 Å². The molecule has 1 aliphatic rings. The van der Waals surface area contributed by atoms with E-state index >= 15 is 0 Å². The van der Waals surface area contributed by atoms with Crippen LogP contribution in [0.5, 0.6) is 0 Å². The number of halogens is 1. The van der Waals surface area contributed by atoms with Crippen molar-refractivity contribution in [1.82, 2.24) is 5.32 Å². The van der Waals surface area contributed by atoms with Gasteiger partial charge in [0.2, 0.25) is 0 Å². The molecule has 24 heavy (non-hydrogen) atoms. The minimum absolute atomic E-state index is 0.210. The first-order valence-electron chi connectivity index (χ1n) is 7.93. The second kappa shape index (κ2) is 8.17. The summed E-state index contributed by atoms with van der Waals surface area (Å²) in [5.41, 5.74) is 2.89. The Morgan fingerprint density at radius 1 is 1.08 bits per heavy atom. The summed E-state index contributed by atoms with van der Waals surface area (Å²) in [6, 6.07) is 15.5. The third-order valence-electron chi connectivity index (χ3n) is 3.87. The first-order valence-corrected chi connectivity index (χ1v) is 8.73. The molecule has 0 bridgehead atoms. The molecule has 0 radical (unpaired) electrons. The van der Waals surface area contributed by atoms with Crippen LogP contribution in [0.25, 0.3) is 0 Å². The fourth-order valence-corrected chi connectivity index (χ4v) is 2.87. The van der Waals surface area contributed by atoms with E-state index in [2.05, 4.69) is 31.5 Å². The maximum absolute atomic E-state index is 12.2. The molecular weight excluding hydrogens is 370 g/mol. The Kier molecular flexibility index (Phi) is 5.72. The minimum Gasteiger partial charge on any atom is -0.378 e. The Morgan fingerprint density at radius 2 is 1.79 bits per heavy atom. The Hall–Kier alpha value is -2.05. The maximum Gasteiger partial charge on any atom is 0.319 e. The molecule has 2 aromatic rings. The van der Waals surface area contributed by atoms with Gasteiger partial charge in [0.25, 0.3) is 0 Å². The number of benzene rings is 2. The molecule has 1 heterocycles. The van der Waals surface area contributed by atoms with E-state index in [0.717, 1.165) is 34.5 Å². The lowest BCUT2D eigenvalue weighted by Crippen LogP contribution is -2.37. The number of carbonyl (C=O) groups is 1. The van der Waals surface area contributed by atoms with Gasteiger partial charge in [-0.05, 0) is 29.8 Å². The summed E-state index contributed by atoms with van der Waals surface area (Å²) >= 11 is 3.40. The molecule has 1 saturated heterocycles. The van der Waals surface area contributed by atoms with E-state index in [1.54, 1.807) is 0 Å². The summed E-state index contributed by atoms with van der Waals surface area (Å²) in [4.78, 5) is 14.4. The van der Waals surface area contributed by atoms with Crippen molar-refractivity contribution in [3.05, 3.63) is 58.6 Å². The van der Waals surface area contributed by atoms with Crippen molar-refractivity contribution in [1.29, 1.82) is 0 Å². The van der Waals surface area contributed by atoms with Gasteiger partial charge in [0, 0.05) is 24.1 Å². The second-order valence-corrected chi connectivity index (χ2v) is 6.47. The topological polar surface area (TPSA) is 53.6 Å². The van der Waals surface area contributed by atoms with Crippen molar-refractivity contribution in [2.45, 2.75) is 6.54 Å². The minimum atomic E-state index is -0.210. The molecule has 0 atom stereocenters. The zero-order valence-corrected chi connectivity index (χ0v) is 14.9. The summed E-state index contributed by atoms with van der Waals surface area (Å²) in [6.45, 7) is 3.57. The van der Waals surface area contributed by atoms with Gasteiger partial charge in [-0.1, -0.05) is 40.2 Å². The lowest BCUT2D eigenvalue weighted by Gasteiger charge is -2.30. The molecule has 0 aliphatic carbocycles. The number of morpholine rings is 1. The molecule has 0 spiro atoms. The van der Waals surface area contributed by atoms with E-state index in [0.29, 0.717) is 19.8 Å². The second-order valence-electron chi connectivity index (χ2n) is 5.55. The van der Waals surface area contributed by atoms with Gasteiger partial charge in [-0.2, -0.15) is 0 Å². The van der Waals surface area contributed by atoms with Crippen LogP contribution >= 0.6 is 15.9 Å². The van der Waals surface area contributed by atoms with Crippen molar-refractivity contribution >= 4 is 33.3 Å². The first-order chi connectivity index (χ1) is 11.7. The Balaban J connectivity index is 1.60. The van der Waals surface area contributed by atoms with Crippen LogP contribution < -0.4 is 15.5 Å². The van der Waals surface area contributed by atoms with Crippen LogP contribution in [0.3, 0.4) is 0 Å². The number of hydrogen-bond donors (Lipinski definition) is 2. The highest BCUT2D eigenvalue weighted by atomic mass is 79.9. The van der Waals surface area contributed by atoms with E-state index in [4.69, 9.17) is 4.74 Å². The first kappa shape index (κ1) is 16.8. The normalized spacial score (nSPS) is 14.3. The number of rotatable bonds is 4. The van der Waals surface area contributed by atoms with Crippen molar-refractivity contribution in [3.63, 3.8) is 0 Å². The van der Waals surface area contributed by atoms with Crippen LogP contribution in [-0.2, 0) is 11.3 Å². The number of hydrogen-bond acceptors (Lipinski definition) is 3. The molecule has 126 valence electrons. The van der Waals surface area contributed by atoms with Gasteiger partial charge in [0.1, 0.15) is 0 Å². The van der Waals surface area contributed by atoms with E-state index in [-0.39, 0.29) is 6.03 Å². The summed E-state index contributed by atoms with van der Waals surface area (Å²) in [7, 11) is 0. The van der Waals surface area contributed by atoms with Crippen LogP contribution in [-0.4, -0.2) is 32.3 Å². The van der Waals surface area contributed by atoms with E-state index in [1.807, 2.05) is 48.5 Å². The molecule has 3 rings (SSSR count). The molecule has 0 aromatic heterocycles. The van der Waals surface area contributed by atoms with Crippen molar-refractivity contribution in [2.24, 2.45) is 0 Å². The van der Waals surface area contributed by atoms with Crippen LogP contribution in [0.1, 0.15) is 5.56 Å². The standard InChI is InChI=1S/C18H20BrN3O2/c19-15-7-5-14(6-8-15)13-20-18(23)21-16-3-1-2-4-17(16)22-9-11-24-12-10-22/h1-8H,9-13H2,(H2,20,21,23). The number of urea groups is 1. The number of nitrogens with one attached hydrogen (secondary N) is 2. The van der Waals surface area contributed by atoms with Gasteiger partial charge in [0.15, 0.2) is 0 Å². The summed E-state index contributed by atoms with van der Waals surface area (Å²) in [5.74, 6) is 0.